The average molecular weight is 420 g/mol. The van der Waals surface area contributed by atoms with Crippen molar-refractivity contribution in [1.82, 2.24) is 15.1 Å². The molecule has 0 aliphatic carbocycles. The van der Waals surface area contributed by atoms with Crippen molar-refractivity contribution in [1.29, 1.82) is 0 Å². The lowest BCUT2D eigenvalue weighted by Crippen LogP contribution is -2.52. The van der Waals surface area contributed by atoms with Gasteiger partial charge >= 0.3 is 0 Å². The lowest BCUT2D eigenvalue weighted by molar-refractivity contribution is -0.134. The van der Waals surface area contributed by atoms with Crippen LogP contribution in [0, 0.1) is 5.92 Å². The topological polar surface area (TPSA) is 108 Å². The fourth-order valence-corrected chi connectivity index (χ4v) is 5.21. The fraction of sp³-hybridized carbons (Fsp3) is 0.350. The number of hydrogen-bond donors (Lipinski definition) is 3. The zero-order valence-corrected chi connectivity index (χ0v) is 16.9. The third-order valence-corrected chi connectivity index (χ3v) is 6.92. The summed E-state index contributed by atoms with van der Waals surface area (Å²) in [5.74, 6) is -0.478. The Balaban J connectivity index is 2.05. The number of benzene rings is 2. The minimum absolute atomic E-state index is 0.00376. The average Bonchev–Trinajstić information content (AvgIpc) is 3.28. The van der Waals surface area contributed by atoms with Crippen LogP contribution in [0.5, 0.6) is 5.75 Å². The van der Waals surface area contributed by atoms with E-state index in [9.17, 15) is 18.4 Å². The maximum Gasteiger partial charge on any atom is 0.262 e. The lowest BCUT2D eigenvalue weighted by atomic mass is 9.98. The van der Waals surface area contributed by atoms with Crippen molar-refractivity contribution in [3.63, 3.8) is 0 Å². The first kappa shape index (κ1) is 21.3. The molecule has 0 spiro atoms. The first-order chi connectivity index (χ1) is 14.0. The third-order valence-electron chi connectivity index (χ3n) is 5.08. The molecule has 0 radical (unpaired) electrons. The molecule has 1 amide bonds. The van der Waals surface area contributed by atoms with Crippen molar-refractivity contribution >= 4 is 15.9 Å². The van der Waals surface area contributed by atoms with E-state index in [1.54, 1.807) is 29.7 Å². The summed E-state index contributed by atoms with van der Waals surface area (Å²) in [7, 11) is -2.54. The molecule has 1 aliphatic rings. The van der Waals surface area contributed by atoms with Crippen LogP contribution in [-0.2, 0) is 21.4 Å². The van der Waals surface area contributed by atoms with Crippen LogP contribution in [0.3, 0.4) is 0 Å². The predicted octanol–water partition coefficient (Wildman–Crippen LogP) is 1.37. The molecule has 1 aliphatic heterocycles. The van der Waals surface area contributed by atoms with Crippen LogP contribution in [0.2, 0.25) is 0 Å². The molecule has 2 atom stereocenters. The van der Waals surface area contributed by atoms with Gasteiger partial charge in [0.25, 0.3) is 5.91 Å². The third kappa shape index (κ3) is 4.76. The molecule has 3 rings (SSSR count). The molecule has 2 aromatic rings. The van der Waals surface area contributed by atoms with E-state index in [2.05, 4.69) is 5.32 Å². The Labute approximate surface area is 170 Å². The van der Waals surface area contributed by atoms with Crippen LogP contribution in [0.25, 0.3) is 0 Å². The standard InChI is InChI=1S/C20H25N3O5S/c1-28-17-7-9-18(10-8-17)29(26,27)23(14-15-5-3-2-4-6-15)19(20(24)22-25)16-11-12-21-13-16/h2-10,16,19,21,25H,11-14H2,1H3,(H,22,24). The van der Waals surface area contributed by atoms with E-state index >= 15 is 0 Å². The SMILES string of the molecule is COc1ccc(S(=O)(=O)N(Cc2ccccc2)C(C(=O)NO)C2CCNC2)cc1. The summed E-state index contributed by atoms with van der Waals surface area (Å²) in [6.07, 6.45) is 0.626. The van der Waals surface area contributed by atoms with Crippen LogP contribution in [0.4, 0.5) is 0 Å². The molecule has 2 aromatic carbocycles. The maximum absolute atomic E-state index is 13.6. The van der Waals surface area contributed by atoms with Gasteiger partial charge < -0.3 is 10.1 Å². The molecule has 0 saturated carbocycles. The minimum atomic E-state index is -4.04. The molecule has 8 nitrogen and oxygen atoms in total. The van der Waals surface area contributed by atoms with Crippen molar-refractivity contribution < 1.29 is 23.2 Å². The summed E-state index contributed by atoms with van der Waals surface area (Å²) in [6.45, 7) is 1.17. The zero-order chi connectivity index (χ0) is 20.9. The van der Waals surface area contributed by atoms with Crippen molar-refractivity contribution in [2.45, 2.75) is 23.9 Å². The highest BCUT2D eigenvalue weighted by molar-refractivity contribution is 7.89. The highest BCUT2D eigenvalue weighted by atomic mass is 32.2. The Kier molecular flexibility index (Phi) is 6.86. The number of carbonyl (C=O) groups is 1. The zero-order valence-electron chi connectivity index (χ0n) is 16.1. The van der Waals surface area contributed by atoms with Gasteiger partial charge in [0, 0.05) is 13.1 Å². The van der Waals surface area contributed by atoms with E-state index in [4.69, 9.17) is 4.74 Å². The normalized spacial score (nSPS) is 17.8. The predicted molar refractivity (Wildman–Crippen MR) is 107 cm³/mol. The quantitative estimate of drug-likeness (QED) is 0.441. The Morgan fingerprint density at radius 1 is 1.24 bits per heavy atom. The number of nitrogens with one attached hydrogen (secondary N) is 2. The molecule has 29 heavy (non-hydrogen) atoms. The highest BCUT2D eigenvalue weighted by Crippen LogP contribution is 2.28. The summed E-state index contributed by atoms with van der Waals surface area (Å²) in [6, 6.07) is 14.0. The van der Waals surface area contributed by atoms with Gasteiger partial charge in [0.05, 0.1) is 12.0 Å². The van der Waals surface area contributed by atoms with Gasteiger partial charge in [0.1, 0.15) is 11.8 Å². The number of rotatable bonds is 8. The smallest absolute Gasteiger partial charge is 0.262 e. The molecule has 1 heterocycles. The van der Waals surface area contributed by atoms with E-state index in [0.29, 0.717) is 25.3 Å². The Hall–Kier alpha value is -2.46. The van der Waals surface area contributed by atoms with Crippen LogP contribution < -0.4 is 15.5 Å². The van der Waals surface area contributed by atoms with Gasteiger partial charge in [0.2, 0.25) is 10.0 Å². The molecule has 9 heteroatoms. The summed E-state index contributed by atoms with van der Waals surface area (Å²) < 4.78 is 33.4. The van der Waals surface area contributed by atoms with E-state index < -0.39 is 22.0 Å². The second kappa shape index (κ2) is 9.36. The van der Waals surface area contributed by atoms with Gasteiger partial charge in [-0.1, -0.05) is 30.3 Å². The Morgan fingerprint density at radius 3 is 2.48 bits per heavy atom. The monoisotopic (exact) mass is 419 g/mol. The highest BCUT2D eigenvalue weighted by Gasteiger charge is 2.41. The van der Waals surface area contributed by atoms with Crippen molar-refractivity contribution in [2.24, 2.45) is 5.92 Å². The lowest BCUT2D eigenvalue weighted by Gasteiger charge is -2.33. The van der Waals surface area contributed by atoms with Crippen molar-refractivity contribution in [3.8, 4) is 5.75 Å². The second-order valence-electron chi connectivity index (χ2n) is 6.89. The number of amides is 1. The fourth-order valence-electron chi connectivity index (χ4n) is 3.57. The number of hydrogen-bond acceptors (Lipinski definition) is 6. The van der Waals surface area contributed by atoms with Crippen molar-refractivity contribution in [3.05, 3.63) is 60.2 Å². The van der Waals surface area contributed by atoms with E-state index in [-0.39, 0.29) is 17.4 Å². The first-order valence-electron chi connectivity index (χ1n) is 9.32. The van der Waals surface area contributed by atoms with Gasteiger partial charge in [-0.25, -0.2) is 13.9 Å². The van der Waals surface area contributed by atoms with Crippen LogP contribution in [-0.4, -0.2) is 50.1 Å². The van der Waals surface area contributed by atoms with Gasteiger partial charge in [-0.15, -0.1) is 0 Å². The van der Waals surface area contributed by atoms with Gasteiger partial charge in [-0.3, -0.25) is 10.0 Å². The molecule has 3 N–H and O–H groups in total. The second-order valence-corrected chi connectivity index (χ2v) is 8.78. The molecule has 0 bridgehead atoms. The van der Waals surface area contributed by atoms with Crippen LogP contribution in [0.1, 0.15) is 12.0 Å². The first-order valence-corrected chi connectivity index (χ1v) is 10.8. The minimum Gasteiger partial charge on any atom is -0.497 e. The van der Waals surface area contributed by atoms with E-state index in [1.165, 1.54) is 23.5 Å². The summed E-state index contributed by atoms with van der Waals surface area (Å²) in [5.41, 5.74) is 2.40. The van der Waals surface area contributed by atoms with Gasteiger partial charge in [-0.2, -0.15) is 4.31 Å². The van der Waals surface area contributed by atoms with E-state index in [0.717, 1.165) is 5.56 Å². The van der Waals surface area contributed by atoms with E-state index in [1.807, 2.05) is 18.2 Å². The number of methoxy groups -OCH3 is 1. The number of hydroxylamine groups is 1. The molecule has 0 aromatic heterocycles. The molecule has 2 unspecified atom stereocenters. The van der Waals surface area contributed by atoms with Crippen molar-refractivity contribution in [2.75, 3.05) is 20.2 Å². The molecule has 156 valence electrons. The number of ether oxygens (including phenoxy) is 1. The number of nitrogens with zero attached hydrogens (tertiary/aromatic N) is 1. The summed E-state index contributed by atoms with van der Waals surface area (Å²) in [5, 5.41) is 12.5. The van der Waals surface area contributed by atoms with Gasteiger partial charge in [-0.05, 0) is 48.7 Å². The molecular weight excluding hydrogens is 394 g/mol. The maximum atomic E-state index is 13.6. The van der Waals surface area contributed by atoms with Crippen LogP contribution in [0.15, 0.2) is 59.5 Å². The Bertz CT molecular complexity index is 913. The molecular formula is C20H25N3O5S. The summed E-state index contributed by atoms with van der Waals surface area (Å²) in [4.78, 5) is 12.6. The summed E-state index contributed by atoms with van der Waals surface area (Å²) >= 11 is 0. The Morgan fingerprint density at radius 2 is 1.93 bits per heavy atom. The number of sulfonamides is 1. The van der Waals surface area contributed by atoms with Gasteiger partial charge in [0.15, 0.2) is 0 Å². The molecule has 1 saturated heterocycles. The molecule has 1 fully saturated rings. The largest absolute Gasteiger partial charge is 0.497 e. The number of carbonyl (C=O) groups excluding carboxylic acids is 1. The van der Waals surface area contributed by atoms with Crippen LogP contribution >= 0.6 is 0 Å².